The van der Waals surface area contributed by atoms with Crippen LogP contribution in [0.15, 0.2) is 78.4 Å². The van der Waals surface area contributed by atoms with Crippen molar-refractivity contribution in [2.24, 2.45) is 5.10 Å². The van der Waals surface area contributed by atoms with Crippen molar-refractivity contribution in [3.05, 3.63) is 79.0 Å². The number of nitrogens with zero attached hydrogens (tertiary/aromatic N) is 2. The van der Waals surface area contributed by atoms with Crippen LogP contribution < -0.4 is 5.43 Å². The Kier molecular flexibility index (Phi) is 4.26. The maximum absolute atomic E-state index is 6.40. The number of rotatable bonds is 5. The molecule has 4 heteroatoms. The van der Waals surface area contributed by atoms with Gasteiger partial charge in [-0.2, -0.15) is 5.10 Å². The van der Waals surface area contributed by atoms with Gasteiger partial charge in [0.25, 0.3) is 0 Å². The Bertz CT molecular complexity index is 819. The van der Waals surface area contributed by atoms with Gasteiger partial charge in [0.05, 0.1) is 11.4 Å². The van der Waals surface area contributed by atoms with Crippen molar-refractivity contribution < 1.29 is 0 Å². The van der Waals surface area contributed by atoms with Crippen LogP contribution in [0.3, 0.4) is 0 Å². The Morgan fingerprint density at radius 1 is 1.14 bits per heavy atom. The smallest absolute Gasteiger partial charge is 0.172 e. The first-order chi connectivity index (χ1) is 10.8. The van der Waals surface area contributed by atoms with E-state index in [1.54, 1.807) is 0 Å². The highest BCUT2D eigenvalue weighted by atomic mass is 35.5. The zero-order valence-corrected chi connectivity index (χ0v) is 12.8. The van der Waals surface area contributed by atoms with Gasteiger partial charge in [0, 0.05) is 17.4 Å². The minimum atomic E-state index is 0.418. The topological polar surface area (TPSA) is 29.3 Å². The van der Waals surface area contributed by atoms with Gasteiger partial charge in [-0.05, 0) is 24.3 Å². The summed E-state index contributed by atoms with van der Waals surface area (Å²) in [7, 11) is 0. The molecule has 1 aromatic heterocycles. The van der Waals surface area contributed by atoms with Gasteiger partial charge < -0.3 is 4.57 Å². The summed E-state index contributed by atoms with van der Waals surface area (Å²) in [4.78, 5) is 0. The lowest BCUT2D eigenvalue weighted by molar-refractivity contribution is 0.856. The zero-order valence-electron chi connectivity index (χ0n) is 12.0. The van der Waals surface area contributed by atoms with E-state index in [0.717, 1.165) is 22.3 Å². The van der Waals surface area contributed by atoms with Crippen molar-refractivity contribution in [1.29, 1.82) is 0 Å². The summed E-state index contributed by atoms with van der Waals surface area (Å²) in [6.45, 7) is 4.50. The fourth-order valence-electron chi connectivity index (χ4n) is 2.39. The first kappa shape index (κ1) is 14.4. The van der Waals surface area contributed by atoms with Crippen LogP contribution >= 0.6 is 11.6 Å². The molecule has 0 atom stereocenters. The summed E-state index contributed by atoms with van der Waals surface area (Å²) in [6, 6.07) is 19.9. The summed E-state index contributed by atoms with van der Waals surface area (Å²) in [6.07, 6.45) is 1.85. The van der Waals surface area contributed by atoms with E-state index in [0.29, 0.717) is 11.7 Å². The Labute approximate surface area is 134 Å². The number of nitrogens with one attached hydrogen (secondary N) is 1. The van der Waals surface area contributed by atoms with Crippen molar-refractivity contribution in [1.82, 2.24) is 4.57 Å². The molecule has 3 aromatic rings. The van der Waals surface area contributed by atoms with E-state index in [1.807, 2.05) is 54.6 Å². The average Bonchev–Trinajstić information content (AvgIpc) is 2.93. The van der Waals surface area contributed by atoms with Crippen molar-refractivity contribution in [3.8, 4) is 0 Å². The molecule has 1 heterocycles. The fourth-order valence-corrected chi connectivity index (χ4v) is 2.59. The molecule has 0 radical (unpaired) electrons. The third-order valence-corrected chi connectivity index (χ3v) is 3.67. The zero-order chi connectivity index (χ0) is 15.4. The molecule has 0 fully saturated rings. The van der Waals surface area contributed by atoms with E-state index >= 15 is 0 Å². The van der Waals surface area contributed by atoms with E-state index in [9.17, 15) is 0 Å². The Balaban J connectivity index is 1.97. The minimum absolute atomic E-state index is 0.418. The molecule has 3 nitrogen and oxygen atoms in total. The van der Waals surface area contributed by atoms with E-state index in [4.69, 9.17) is 11.6 Å². The molecule has 0 saturated heterocycles. The average molecular weight is 310 g/mol. The van der Waals surface area contributed by atoms with Gasteiger partial charge in [-0.25, -0.2) is 0 Å². The Morgan fingerprint density at radius 3 is 2.64 bits per heavy atom. The molecule has 0 unspecified atom stereocenters. The molecule has 1 N–H and O–H groups in total. The van der Waals surface area contributed by atoms with Gasteiger partial charge in [0.15, 0.2) is 5.17 Å². The first-order valence-corrected chi connectivity index (χ1v) is 7.41. The third-order valence-electron chi connectivity index (χ3n) is 3.39. The van der Waals surface area contributed by atoms with Crippen LogP contribution in [-0.2, 0) is 6.54 Å². The van der Waals surface area contributed by atoms with Crippen LogP contribution in [-0.4, -0.2) is 9.74 Å². The largest absolute Gasteiger partial charge is 0.335 e. The molecule has 0 amide bonds. The van der Waals surface area contributed by atoms with Crippen LogP contribution in [0.4, 0.5) is 5.69 Å². The van der Waals surface area contributed by atoms with Crippen LogP contribution in [0.5, 0.6) is 0 Å². The fraction of sp³-hybridized carbons (Fsp3) is 0.0556. The Morgan fingerprint density at radius 2 is 1.86 bits per heavy atom. The minimum Gasteiger partial charge on any atom is -0.335 e. The highest BCUT2D eigenvalue weighted by Crippen LogP contribution is 2.22. The Hall–Kier alpha value is -2.52. The number of benzene rings is 2. The summed E-state index contributed by atoms with van der Waals surface area (Å²) in [5.41, 5.74) is 5.85. The maximum Gasteiger partial charge on any atom is 0.172 e. The van der Waals surface area contributed by atoms with E-state index < -0.39 is 0 Å². The highest BCUT2D eigenvalue weighted by Gasteiger charge is 2.11. The van der Waals surface area contributed by atoms with Crippen LogP contribution in [0.2, 0.25) is 0 Å². The summed E-state index contributed by atoms with van der Waals surface area (Å²) < 4.78 is 2.10. The molecule has 110 valence electrons. The second kappa shape index (κ2) is 6.50. The van der Waals surface area contributed by atoms with Crippen molar-refractivity contribution >= 4 is 33.4 Å². The number of fused-ring (bicyclic) bond motifs is 1. The van der Waals surface area contributed by atoms with Crippen molar-refractivity contribution in [3.63, 3.8) is 0 Å². The highest BCUT2D eigenvalue weighted by molar-refractivity contribution is 6.69. The number of hydrogen-bond donors (Lipinski definition) is 1. The molecule has 0 aliphatic heterocycles. The first-order valence-electron chi connectivity index (χ1n) is 7.03. The number of hydrazone groups is 1. The number of allylic oxidation sites excluding steroid dienone is 1. The quantitative estimate of drug-likeness (QED) is 0.408. The molecule has 0 aliphatic carbocycles. The van der Waals surface area contributed by atoms with Crippen molar-refractivity contribution in [2.75, 3.05) is 5.43 Å². The summed E-state index contributed by atoms with van der Waals surface area (Å²) in [5.74, 6) is 0. The number of halogens is 1. The molecule has 22 heavy (non-hydrogen) atoms. The monoisotopic (exact) mass is 309 g/mol. The van der Waals surface area contributed by atoms with E-state index in [2.05, 4.69) is 33.8 Å². The van der Waals surface area contributed by atoms with Gasteiger partial charge >= 0.3 is 0 Å². The molecule has 0 bridgehead atoms. The number of para-hydroxylation sites is 2. The number of aromatic nitrogens is 1. The predicted octanol–water partition coefficient (Wildman–Crippen LogP) is 4.84. The summed E-state index contributed by atoms with van der Waals surface area (Å²) in [5, 5.41) is 5.83. The SMILES string of the molecule is C=CCn1c(/C(Cl)=N/Nc2ccccc2)cc2ccccc21. The molecule has 0 aliphatic rings. The standard InChI is InChI=1S/C18H16ClN3/c1-2-12-22-16-11-7-6-8-14(16)13-17(22)18(19)21-20-15-9-4-3-5-10-15/h2-11,13,20H,1,12H2/b21-18-. The lowest BCUT2D eigenvalue weighted by atomic mass is 10.2. The normalized spacial score (nSPS) is 11.6. The van der Waals surface area contributed by atoms with Crippen LogP contribution in [0.1, 0.15) is 5.69 Å². The van der Waals surface area contributed by atoms with E-state index in [-0.39, 0.29) is 0 Å². The summed E-state index contributed by atoms with van der Waals surface area (Å²) >= 11 is 6.40. The van der Waals surface area contributed by atoms with Gasteiger partial charge in [0.1, 0.15) is 0 Å². The molecule has 0 saturated carbocycles. The van der Waals surface area contributed by atoms with Crippen LogP contribution in [0.25, 0.3) is 10.9 Å². The predicted molar refractivity (Wildman–Crippen MR) is 94.6 cm³/mol. The molecular formula is C18H16ClN3. The number of anilines is 1. The second-order valence-corrected chi connectivity index (χ2v) is 5.23. The number of hydrogen-bond acceptors (Lipinski definition) is 2. The van der Waals surface area contributed by atoms with Gasteiger partial charge in [-0.1, -0.05) is 54.1 Å². The molecule has 0 spiro atoms. The second-order valence-electron chi connectivity index (χ2n) is 4.87. The maximum atomic E-state index is 6.40. The van der Waals surface area contributed by atoms with E-state index in [1.165, 1.54) is 0 Å². The van der Waals surface area contributed by atoms with Crippen LogP contribution in [0, 0.1) is 0 Å². The third kappa shape index (κ3) is 2.90. The van der Waals surface area contributed by atoms with Gasteiger partial charge in [0.2, 0.25) is 0 Å². The molecule has 3 rings (SSSR count). The molecular weight excluding hydrogens is 294 g/mol. The van der Waals surface area contributed by atoms with Crippen molar-refractivity contribution in [2.45, 2.75) is 6.54 Å². The lowest BCUT2D eigenvalue weighted by Crippen LogP contribution is -2.06. The molecule has 2 aromatic carbocycles. The van der Waals surface area contributed by atoms with Gasteiger partial charge in [-0.15, -0.1) is 6.58 Å². The lowest BCUT2D eigenvalue weighted by Gasteiger charge is -2.07. The van der Waals surface area contributed by atoms with Gasteiger partial charge in [-0.3, -0.25) is 5.43 Å².